The predicted octanol–water partition coefficient (Wildman–Crippen LogP) is 3.31. The van der Waals surface area contributed by atoms with Crippen LogP contribution in [0.5, 0.6) is 0 Å². The van der Waals surface area contributed by atoms with Crippen LogP contribution >= 0.6 is 9.03 Å². The van der Waals surface area contributed by atoms with Crippen molar-refractivity contribution in [3.05, 3.63) is 35.9 Å². The molecule has 2 rings (SSSR count). The fourth-order valence-corrected chi connectivity index (χ4v) is 2.73. The molecule has 0 amide bonds. The van der Waals surface area contributed by atoms with Gasteiger partial charge in [0.25, 0.3) is 0 Å². The van der Waals surface area contributed by atoms with Crippen molar-refractivity contribution >= 4 is 9.03 Å². The molecule has 3 heteroatoms. The average molecular weight is 210 g/mol. The van der Waals surface area contributed by atoms with E-state index in [0.717, 1.165) is 6.61 Å². The maximum absolute atomic E-state index is 5.68. The highest BCUT2D eigenvalue weighted by molar-refractivity contribution is 7.26. The first-order valence-electron chi connectivity index (χ1n) is 4.77. The van der Waals surface area contributed by atoms with Crippen LogP contribution in [0.15, 0.2) is 30.3 Å². The summed E-state index contributed by atoms with van der Waals surface area (Å²) in [5, 5.41) is 0. The van der Waals surface area contributed by atoms with Gasteiger partial charge in [-0.3, -0.25) is 0 Å². The van der Waals surface area contributed by atoms with Crippen molar-refractivity contribution in [1.82, 2.24) is 0 Å². The van der Waals surface area contributed by atoms with Gasteiger partial charge in [-0.2, -0.15) is 0 Å². The van der Waals surface area contributed by atoms with Crippen molar-refractivity contribution in [2.24, 2.45) is 5.41 Å². The normalized spacial score (nSPS) is 27.7. The fraction of sp³-hybridized carbons (Fsp3) is 0.455. The van der Waals surface area contributed by atoms with Gasteiger partial charge in [0.05, 0.1) is 12.7 Å². The van der Waals surface area contributed by atoms with Crippen LogP contribution in [0.25, 0.3) is 0 Å². The lowest BCUT2D eigenvalue weighted by Gasteiger charge is -2.37. The monoisotopic (exact) mass is 210 g/mol. The summed E-state index contributed by atoms with van der Waals surface area (Å²) < 4.78 is 11.0. The summed E-state index contributed by atoms with van der Waals surface area (Å²) in [5.74, 6) is 0. The summed E-state index contributed by atoms with van der Waals surface area (Å²) in [5.41, 5.74) is 1.31. The van der Waals surface area contributed by atoms with Crippen LogP contribution in [0.3, 0.4) is 0 Å². The Morgan fingerprint density at radius 1 is 1.29 bits per heavy atom. The van der Waals surface area contributed by atoms with E-state index < -0.39 is 0 Å². The molecule has 1 aromatic carbocycles. The molecule has 0 aliphatic carbocycles. The molecular formula is C11H15O2P. The Labute approximate surface area is 86.6 Å². The molecule has 0 radical (unpaired) electrons. The first-order chi connectivity index (χ1) is 6.70. The van der Waals surface area contributed by atoms with Crippen molar-refractivity contribution in [3.63, 3.8) is 0 Å². The first-order valence-corrected chi connectivity index (χ1v) is 5.59. The van der Waals surface area contributed by atoms with Gasteiger partial charge in [0.15, 0.2) is 9.03 Å². The lowest BCUT2D eigenvalue weighted by Crippen LogP contribution is -2.30. The van der Waals surface area contributed by atoms with Crippen LogP contribution in [-0.4, -0.2) is 6.61 Å². The van der Waals surface area contributed by atoms with Crippen LogP contribution in [0.1, 0.15) is 25.5 Å². The molecule has 76 valence electrons. The first kappa shape index (κ1) is 10.1. The van der Waals surface area contributed by atoms with Gasteiger partial charge in [0.2, 0.25) is 0 Å². The molecule has 0 spiro atoms. The lowest BCUT2D eigenvalue weighted by atomic mass is 9.83. The Bertz CT molecular complexity index is 297. The van der Waals surface area contributed by atoms with E-state index in [-0.39, 0.29) is 20.6 Å². The third-order valence-electron chi connectivity index (χ3n) is 2.48. The molecular weight excluding hydrogens is 195 g/mol. The van der Waals surface area contributed by atoms with E-state index in [1.807, 2.05) is 18.2 Å². The smallest absolute Gasteiger partial charge is 0.155 e. The zero-order chi connectivity index (χ0) is 10.0. The van der Waals surface area contributed by atoms with Gasteiger partial charge in [-0.05, 0) is 5.56 Å². The third-order valence-corrected chi connectivity index (χ3v) is 3.08. The molecule has 0 N–H and O–H groups in total. The van der Waals surface area contributed by atoms with E-state index in [1.54, 1.807) is 0 Å². The molecule has 0 bridgehead atoms. The molecule has 14 heavy (non-hydrogen) atoms. The Kier molecular flexibility index (Phi) is 2.87. The van der Waals surface area contributed by atoms with E-state index in [0.29, 0.717) is 0 Å². The molecule has 1 aliphatic heterocycles. The van der Waals surface area contributed by atoms with Crippen LogP contribution < -0.4 is 0 Å². The van der Waals surface area contributed by atoms with E-state index in [1.165, 1.54) is 5.56 Å². The predicted molar refractivity (Wildman–Crippen MR) is 58.3 cm³/mol. The second kappa shape index (κ2) is 3.98. The van der Waals surface area contributed by atoms with E-state index >= 15 is 0 Å². The molecule has 2 atom stereocenters. The van der Waals surface area contributed by atoms with Gasteiger partial charge < -0.3 is 9.05 Å². The van der Waals surface area contributed by atoms with Crippen LogP contribution in [0.4, 0.5) is 0 Å². The molecule has 2 nitrogen and oxygen atoms in total. The second-order valence-electron chi connectivity index (χ2n) is 4.27. The van der Waals surface area contributed by atoms with E-state index in [2.05, 4.69) is 26.0 Å². The minimum Gasteiger partial charge on any atom is -0.336 e. The molecule has 1 fully saturated rings. The van der Waals surface area contributed by atoms with Gasteiger partial charge in [-0.25, -0.2) is 0 Å². The highest BCUT2D eigenvalue weighted by Gasteiger charge is 2.35. The second-order valence-corrected chi connectivity index (χ2v) is 4.96. The summed E-state index contributed by atoms with van der Waals surface area (Å²) in [6.07, 6.45) is 0.163. The average Bonchev–Trinajstić information content (AvgIpc) is 2.18. The van der Waals surface area contributed by atoms with E-state index in [9.17, 15) is 0 Å². The number of hydrogen-bond donors (Lipinski definition) is 0. The summed E-state index contributed by atoms with van der Waals surface area (Å²) in [6, 6.07) is 10.4. The molecule has 0 aromatic heterocycles. The van der Waals surface area contributed by atoms with E-state index in [4.69, 9.17) is 9.05 Å². The molecule has 0 saturated carbocycles. The SMILES string of the molecule is CC1(C)COPOC1c1ccccc1. The van der Waals surface area contributed by atoms with Crippen molar-refractivity contribution in [2.45, 2.75) is 20.0 Å². The van der Waals surface area contributed by atoms with Gasteiger partial charge in [-0.1, -0.05) is 44.2 Å². The Morgan fingerprint density at radius 2 is 2.00 bits per heavy atom. The van der Waals surface area contributed by atoms with Gasteiger partial charge >= 0.3 is 0 Å². The van der Waals surface area contributed by atoms with Crippen LogP contribution in [-0.2, 0) is 9.05 Å². The Balaban J connectivity index is 2.24. The van der Waals surface area contributed by atoms with Crippen molar-refractivity contribution in [3.8, 4) is 0 Å². The van der Waals surface area contributed by atoms with Crippen molar-refractivity contribution < 1.29 is 9.05 Å². The Hall–Kier alpha value is -0.430. The molecule has 1 aromatic rings. The van der Waals surface area contributed by atoms with Crippen molar-refractivity contribution in [2.75, 3.05) is 6.61 Å². The zero-order valence-corrected chi connectivity index (χ0v) is 9.49. The standard InChI is InChI=1S/C11H15O2P/c1-11(2)8-12-14-13-10(11)9-6-4-3-5-7-9/h3-7,10,14H,8H2,1-2H3. The number of hydrogen-bond acceptors (Lipinski definition) is 2. The van der Waals surface area contributed by atoms with Crippen LogP contribution in [0, 0.1) is 5.41 Å². The summed E-state index contributed by atoms with van der Waals surface area (Å²) >= 11 is 0. The topological polar surface area (TPSA) is 18.5 Å². The zero-order valence-electron chi connectivity index (χ0n) is 8.49. The number of rotatable bonds is 1. The summed E-state index contributed by atoms with van der Waals surface area (Å²) in [4.78, 5) is 0. The van der Waals surface area contributed by atoms with Gasteiger partial charge in [-0.15, -0.1) is 0 Å². The Morgan fingerprint density at radius 3 is 2.64 bits per heavy atom. The number of benzene rings is 1. The highest BCUT2D eigenvalue weighted by atomic mass is 31.1. The van der Waals surface area contributed by atoms with Crippen molar-refractivity contribution in [1.29, 1.82) is 0 Å². The van der Waals surface area contributed by atoms with Gasteiger partial charge in [0.1, 0.15) is 0 Å². The summed E-state index contributed by atoms with van der Waals surface area (Å²) in [7, 11) is 0.174. The van der Waals surface area contributed by atoms with Crippen LogP contribution in [0.2, 0.25) is 0 Å². The molecule has 2 unspecified atom stereocenters. The molecule has 1 heterocycles. The minimum absolute atomic E-state index is 0.0621. The largest absolute Gasteiger partial charge is 0.336 e. The molecule has 1 aliphatic rings. The lowest BCUT2D eigenvalue weighted by molar-refractivity contribution is -0.00260. The maximum Gasteiger partial charge on any atom is 0.155 e. The highest BCUT2D eigenvalue weighted by Crippen LogP contribution is 2.46. The fourth-order valence-electron chi connectivity index (χ4n) is 1.68. The summed E-state index contributed by atoms with van der Waals surface area (Å²) in [6.45, 7) is 5.12. The quantitative estimate of drug-likeness (QED) is 0.662. The molecule has 1 saturated heterocycles. The minimum atomic E-state index is 0.0621. The van der Waals surface area contributed by atoms with Gasteiger partial charge in [0, 0.05) is 5.41 Å². The third kappa shape index (κ3) is 1.98. The maximum atomic E-state index is 5.68.